The van der Waals surface area contributed by atoms with E-state index in [2.05, 4.69) is 10.0 Å². The fourth-order valence-electron chi connectivity index (χ4n) is 2.17. The summed E-state index contributed by atoms with van der Waals surface area (Å²) in [6.45, 7) is 0. The summed E-state index contributed by atoms with van der Waals surface area (Å²) in [5.41, 5.74) is 2.10. The number of hydrogen-bond donors (Lipinski definition) is 2. The van der Waals surface area contributed by atoms with Gasteiger partial charge in [0.25, 0.3) is 10.0 Å². The topological polar surface area (TPSA) is 67.4 Å². The van der Waals surface area contributed by atoms with Crippen LogP contribution in [0.1, 0.15) is 0 Å². The molecule has 25 heavy (non-hydrogen) atoms. The fourth-order valence-corrected chi connectivity index (χ4v) is 4.71. The van der Waals surface area contributed by atoms with E-state index >= 15 is 0 Å². The van der Waals surface area contributed by atoms with Gasteiger partial charge in [0.1, 0.15) is 9.96 Å². The monoisotopic (exact) mass is 394 g/mol. The first-order valence-electron chi connectivity index (χ1n) is 7.26. The van der Waals surface area contributed by atoms with Crippen LogP contribution in [0.5, 0.6) is 5.75 Å². The number of benzene rings is 2. The summed E-state index contributed by atoms with van der Waals surface area (Å²) >= 11 is 6.81. The molecule has 0 aliphatic heterocycles. The number of halogens is 1. The number of nitrogens with one attached hydrogen (secondary N) is 2. The first-order chi connectivity index (χ1) is 12.0. The quantitative estimate of drug-likeness (QED) is 0.620. The van der Waals surface area contributed by atoms with Gasteiger partial charge in [-0.1, -0.05) is 23.7 Å². The number of ether oxygens (including phenoxy) is 1. The maximum atomic E-state index is 12.3. The molecule has 0 fully saturated rings. The van der Waals surface area contributed by atoms with Crippen molar-refractivity contribution in [3.8, 4) is 5.75 Å². The molecule has 0 radical (unpaired) electrons. The molecule has 2 N–H and O–H groups in total. The van der Waals surface area contributed by atoms with Crippen molar-refractivity contribution in [2.75, 3.05) is 17.1 Å². The zero-order chi connectivity index (χ0) is 17.9. The highest BCUT2D eigenvalue weighted by atomic mass is 35.5. The molecule has 8 heteroatoms. The summed E-state index contributed by atoms with van der Waals surface area (Å²) < 4.78 is 33.0. The Bertz CT molecular complexity index is 970. The van der Waals surface area contributed by atoms with Gasteiger partial charge in [0, 0.05) is 11.4 Å². The summed E-state index contributed by atoms with van der Waals surface area (Å²) in [6, 6.07) is 17.5. The van der Waals surface area contributed by atoms with Crippen LogP contribution < -0.4 is 14.8 Å². The van der Waals surface area contributed by atoms with Gasteiger partial charge in [-0.2, -0.15) is 0 Å². The fraction of sp³-hybridized carbons (Fsp3) is 0.0588. The van der Waals surface area contributed by atoms with Crippen molar-refractivity contribution in [1.82, 2.24) is 0 Å². The highest BCUT2D eigenvalue weighted by Gasteiger charge is 2.16. The molecule has 3 rings (SSSR count). The van der Waals surface area contributed by atoms with Crippen molar-refractivity contribution in [1.29, 1.82) is 0 Å². The zero-order valence-electron chi connectivity index (χ0n) is 13.2. The van der Waals surface area contributed by atoms with Crippen molar-refractivity contribution in [3.63, 3.8) is 0 Å². The summed E-state index contributed by atoms with van der Waals surface area (Å²) in [5.74, 6) is 0.724. The third-order valence-corrected chi connectivity index (χ3v) is 6.44. The van der Waals surface area contributed by atoms with Crippen molar-refractivity contribution in [3.05, 3.63) is 65.0 Å². The molecular formula is C17H15ClN2O3S2. The molecule has 0 spiro atoms. The van der Waals surface area contributed by atoms with Gasteiger partial charge in [-0.05, 0) is 48.5 Å². The molecule has 1 heterocycles. The van der Waals surface area contributed by atoms with Crippen molar-refractivity contribution in [2.45, 2.75) is 4.21 Å². The van der Waals surface area contributed by atoms with Gasteiger partial charge >= 0.3 is 0 Å². The maximum Gasteiger partial charge on any atom is 0.271 e. The average molecular weight is 395 g/mol. The minimum absolute atomic E-state index is 0.175. The van der Waals surface area contributed by atoms with E-state index in [0.29, 0.717) is 10.0 Å². The molecular weight excluding hydrogens is 380 g/mol. The van der Waals surface area contributed by atoms with Crippen molar-refractivity contribution >= 4 is 50.0 Å². The summed E-state index contributed by atoms with van der Waals surface area (Å²) in [5, 5.41) is 3.23. The van der Waals surface area contributed by atoms with Crippen LogP contribution in [-0.2, 0) is 10.0 Å². The van der Waals surface area contributed by atoms with Gasteiger partial charge in [0.15, 0.2) is 0 Å². The number of rotatable bonds is 6. The van der Waals surface area contributed by atoms with E-state index < -0.39 is 10.0 Å². The van der Waals surface area contributed by atoms with E-state index in [1.165, 1.54) is 6.07 Å². The lowest BCUT2D eigenvalue weighted by molar-refractivity contribution is 0.417. The van der Waals surface area contributed by atoms with E-state index in [4.69, 9.17) is 16.3 Å². The molecule has 0 amide bonds. The minimum atomic E-state index is -3.63. The van der Waals surface area contributed by atoms with Gasteiger partial charge < -0.3 is 10.1 Å². The van der Waals surface area contributed by atoms with Gasteiger partial charge in [0.2, 0.25) is 0 Å². The van der Waals surface area contributed by atoms with Gasteiger partial charge in [-0.3, -0.25) is 4.72 Å². The lowest BCUT2D eigenvalue weighted by Crippen LogP contribution is -2.11. The highest BCUT2D eigenvalue weighted by Crippen LogP contribution is 2.29. The second kappa shape index (κ2) is 7.35. The van der Waals surface area contributed by atoms with Gasteiger partial charge in [-0.25, -0.2) is 8.42 Å². The molecule has 0 unspecified atom stereocenters. The predicted octanol–water partition coefficient (Wildman–Crippen LogP) is 4.95. The standard InChI is InChI=1S/C17H15ClN2O3S2/c1-23-15-5-3-2-4-14(15)19-12-6-8-13(9-7-12)20-25(21,22)17-11-10-16(18)24-17/h2-11,19-20H,1H3. The number of sulfonamides is 1. The molecule has 0 saturated heterocycles. The second-order valence-corrected chi connectivity index (χ2v) is 8.69. The van der Waals surface area contributed by atoms with E-state index in [-0.39, 0.29) is 4.21 Å². The SMILES string of the molecule is COc1ccccc1Nc1ccc(NS(=O)(=O)c2ccc(Cl)s2)cc1. The van der Waals surface area contributed by atoms with Crippen LogP contribution in [0.25, 0.3) is 0 Å². The molecule has 0 bridgehead atoms. The summed E-state index contributed by atoms with van der Waals surface area (Å²) in [4.78, 5) is 0. The minimum Gasteiger partial charge on any atom is -0.495 e. The van der Waals surface area contributed by atoms with Crippen LogP contribution in [0.2, 0.25) is 4.34 Å². The molecule has 2 aromatic carbocycles. The number of para-hydroxylation sites is 2. The van der Waals surface area contributed by atoms with Crippen molar-refractivity contribution in [2.24, 2.45) is 0 Å². The molecule has 0 saturated carbocycles. The third-order valence-electron chi connectivity index (χ3n) is 3.34. The Morgan fingerprint density at radius 1 is 0.960 bits per heavy atom. The Morgan fingerprint density at radius 3 is 2.28 bits per heavy atom. The Morgan fingerprint density at radius 2 is 1.64 bits per heavy atom. The first kappa shape index (κ1) is 17.6. The van der Waals surface area contributed by atoms with Gasteiger partial charge in [-0.15, -0.1) is 11.3 Å². The Kier molecular flexibility index (Phi) is 5.17. The van der Waals surface area contributed by atoms with Crippen LogP contribution in [0.4, 0.5) is 17.1 Å². The smallest absolute Gasteiger partial charge is 0.271 e. The second-order valence-electron chi connectivity index (χ2n) is 5.07. The number of anilines is 3. The van der Waals surface area contributed by atoms with Crippen LogP contribution in [0.15, 0.2) is 64.9 Å². The first-order valence-corrected chi connectivity index (χ1v) is 9.94. The average Bonchev–Trinajstić information content (AvgIpc) is 3.04. The molecule has 0 aliphatic carbocycles. The van der Waals surface area contributed by atoms with E-state index in [0.717, 1.165) is 28.5 Å². The molecule has 0 aliphatic rings. The van der Waals surface area contributed by atoms with E-state index in [9.17, 15) is 8.42 Å². The third kappa shape index (κ3) is 4.25. The molecule has 1 aromatic heterocycles. The Balaban J connectivity index is 1.74. The zero-order valence-corrected chi connectivity index (χ0v) is 15.6. The Hall–Kier alpha value is -2.22. The van der Waals surface area contributed by atoms with Crippen LogP contribution in [0.3, 0.4) is 0 Å². The highest BCUT2D eigenvalue weighted by molar-refractivity contribution is 7.94. The van der Waals surface area contributed by atoms with Crippen LogP contribution in [-0.4, -0.2) is 15.5 Å². The molecule has 3 aromatic rings. The predicted molar refractivity (Wildman–Crippen MR) is 103 cm³/mol. The van der Waals surface area contributed by atoms with E-state index in [1.54, 1.807) is 37.4 Å². The van der Waals surface area contributed by atoms with E-state index in [1.807, 2.05) is 24.3 Å². The number of methoxy groups -OCH3 is 1. The number of hydrogen-bond acceptors (Lipinski definition) is 5. The number of thiophene rings is 1. The Labute approximate surface area is 155 Å². The lowest BCUT2D eigenvalue weighted by atomic mass is 10.2. The molecule has 130 valence electrons. The molecule has 5 nitrogen and oxygen atoms in total. The van der Waals surface area contributed by atoms with Crippen LogP contribution in [0, 0.1) is 0 Å². The normalized spacial score (nSPS) is 11.1. The summed E-state index contributed by atoms with van der Waals surface area (Å²) in [7, 11) is -2.02. The largest absolute Gasteiger partial charge is 0.495 e. The lowest BCUT2D eigenvalue weighted by Gasteiger charge is -2.12. The van der Waals surface area contributed by atoms with Crippen LogP contribution >= 0.6 is 22.9 Å². The van der Waals surface area contributed by atoms with Gasteiger partial charge in [0.05, 0.1) is 17.1 Å². The summed E-state index contributed by atoms with van der Waals surface area (Å²) in [6.07, 6.45) is 0. The van der Waals surface area contributed by atoms with Crippen molar-refractivity contribution < 1.29 is 13.2 Å². The molecule has 0 atom stereocenters. The maximum absolute atomic E-state index is 12.3.